The number of nitrogens with one attached hydrogen (secondary N) is 2. The van der Waals surface area contributed by atoms with Gasteiger partial charge in [0, 0.05) is 48.8 Å². The molecule has 9 nitrogen and oxygen atoms in total. The summed E-state index contributed by atoms with van der Waals surface area (Å²) in [6, 6.07) is 17.0. The summed E-state index contributed by atoms with van der Waals surface area (Å²) in [7, 11) is 1.57. The van der Waals surface area contributed by atoms with Crippen LogP contribution in [0.5, 0.6) is 11.5 Å². The van der Waals surface area contributed by atoms with Crippen LogP contribution in [0.3, 0.4) is 0 Å². The summed E-state index contributed by atoms with van der Waals surface area (Å²) < 4.78 is 23.5. The molecule has 2 fully saturated rings. The summed E-state index contributed by atoms with van der Waals surface area (Å²) in [4.78, 5) is 17.3. The molecule has 0 saturated carbocycles. The van der Waals surface area contributed by atoms with Gasteiger partial charge in [-0.1, -0.05) is 6.07 Å². The molecule has 0 unspecified atom stereocenters. The van der Waals surface area contributed by atoms with Crippen LogP contribution in [0.4, 0.5) is 0 Å². The van der Waals surface area contributed by atoms with Crippen molar-refractivity contribution < 1.29 is 23.4 Å². The van der Waals surface area contributed by atoms with Crippen LogP contribution >= 0.6 is 0 Å². The van der Waals surface area contributed by atoms with Gasteiger partial charge in [0.25, 0.3) is 5.91 Å². The lowest BCUT2D eigenvalue weighted by molar-refractivity contribution is 0.0254. The molecule has 2 aliphatic rings. The lowest BCUT2D eigenvalue weighted by Gasteiger charge is -2.23. The Hall–Kier alpha value is -4.39. The second-order valence-electron chi connectivity index (χ2n) is 10.0. The van der Waals surface area contributed by atoms with Crippen LogP contribution in [-0.4, -0.2) is 56.5 Å². The summed E-state index contributed by atoms with van der Waals surface area (Å²) in [5, 5.41) is 16.2. The van der Waals surface area contributed by atoms with E-state index >= 15 is 0 Å². The average molecular weight is 539 g/mol. The molecule has 6 rings (SSSR count). The lowest BCUT2D eigenvalue weighted by atomic mass is 10.0. The van der Waals surface area contributed by atoms with Gasteiger partial charge < -0.3 is 29.3 Å². The molecule has 1 atom stereocenters. The lowest BCUT2D eigenvalue weighted by Crippen LogP contribution is -2.36. The van der Waals surface area contributed by atoms with Crippen LogP contribution in [0.15, 0.2) is 59.1 Å². The van der Waals surface area contributed by atoms with Gasteiger partial charge in [0.1, 0.15) is 34.9 Å². The minimum absolute atomic E-state index is 0.0409. The zero-order chi connectivity index (χ0) is 27.5. The molecule has 0 spiro atoms. The van der Waals surface area contributed by atoms with Crippen LogP contribution in [0.25, 0.3) is 33.6 Å². The summed E-state index contributed by atoms with van der Waals surface area (Å²) in [5.41, 5.74) is 4.60. The Morgan fingerprint density at radius 2 is 1.95 bits per heavy atom. The molecule has 0 radical (unpaired) electrons. The SMILES string of the molecule is COc1cc(C(=O)N[C@@H]2CCNC2)ccc1-c1cc2nccc(-c3ccc(OC4CCOCC4)c(C#N)c3)c2o1. The fourth-order valence-electron chi connectivity index (χ4n) is 5.24. The maximum absolute atomic E-state index is 12.8. The van der Waals surface area contributed by atoms with Gasteiger partial charge in [-0.05, 0) is 54.9 Å². The number of hydrogen-bond donors (Lipinski definition) is 2. The van der Waals surface area contributed by atoms with Gasteiger partial charge in [0.05, 0.1) is 31.5 Å². The van der Waals surface area contributed by atoms with Gasteiger partial charge in [-0.2, -0.15) is 5.26 Å². The number of carbonyl (C=O) groups is 1. The van der Waals surface area contributed by atoms with Crippen LogP contribution in [0.2, 0.25) is 0 Å². The average Bonchev–Trinajstić information content (AvgIpc) is 3.67. The molecular weight excluding hydrogens is 508 g/mol. The summed E-state index contributed by atoms with van der Waals surface area (Å²) in [6.07, 6.45) is 4.29. The molecule has 2 aliphatic heterocycles. The number of methoxy groups -OCH3 is 1. The summed E-state index contributed by atoms with van der Waals surface area (Å²) in [5.74, 6) is 1.53. The number of furan rings is 1. The monoisotopic (exact) mass is 538 g/mol. The highest BCUT2D eigenvalue weighted by Gasteiger charge is 2.21. The van der Waals surface area contributed by atoms with E-state index in [1.807, 2.05) is 36.4 Å². The van der Waals surface area contributed by atoms with Gasteiger partial charge in [0.15, 0.2) is 5.58 Å². The molecule has 9 heteroatoms. The highest BCUT2D eigenvalue weighted by molar-refractivity contribution is 5.97. The van der Waals surface area contributed by atoms with E-state index in [1.165, 1.54) is 0 Å². The third-order valence-electron chi connectivity index (χ3n) is 7.41. The molecular formula is C31H30N4O5. The standard InChI is InChI=1S/C31H30N4O5/c1-37-28-15-20(31(36)35-22-6-10-33-18-22)2-4-25(28)29-16-26-30(40-29)24(7-11-34-26)19-3-5-27(21(14-19)17-32)39-23-8-12-38-13-9-23/h2-5,7,11,14-16,22-23,33H,6,8-10,12-13,18H2,1H3,(H,35,36)/t22-/m1/s1. The number of benzene rings is 2. The van der Waals surface area contributed by atoms with E-state index in [-0.39, 0.29) is 18.1 Å². The van der Waals surface area contributed by atoms with E-state index in [1.54, 1.807) is 25.4 Å². The summed E-state index contributed by atoms with van der Waals surface area (Å²) >= 11 is 0. The number of ether oxygens (including phenoxy) is 3. The van der Waals surface area contributed by atoms with Crippen molar-refractivity contribution in [3.63, 3.8) is 0 Å². The number of fused-ring (bicyclic) bond motifs is 1. The quantitative estimate of drug-likeness (QED) is 0.348. The van der Waals surface area contributed by atoms with Crippen molar-refractivity contribution in [2.24, 2.45) is 0 Å². The third-order valence-corrected chi connectivity index (χ3v) is 7.41. The van der Waals surface area contributed by atoms with Crippen LogP contribution in [0.1, 0.15) is 35.2 Å². The molecule has 2 aromatic heterocycles. The summed E-state index contributed by atoms with van der Waals surface area (Å²) in [6.45, 7) is 3.01. The van der Waals surface area contributed by atoms with E-state index in [0.717, 1.165) is 43.5 Å². The van der Waals surface area contributed by atoms with E-state index in [4.69, 9.17) is 18.6 Å². The predicted molar refractivity (Wildman–Crippen MR) is 149 cm³/mol. The second-order valence-corrected chi connectivity index (χ2v) is 10.0. The number of amides is 1. The molecule has 2 aromatic carbocycles. The van der Waals surface area contributed by atoms with Gasteiger partial charge in [0.2, 0.25) is 0 Å². The Morgan fingerprint density at radius 3 is 2.73 bits per heavy atom. The first kappa shape index (κ1) is 25.9. The van der Waals surface area contributed by atoms with Crippen molar-refractivity contribution in [3.05, 3.63) is 65.9 Å². The largest absolute Gasteiger partial charge is 0.496 e. The fraction of sp³-hybridized carbons (Fsp3) is 0.323. The number of nitriles is 1. The van der Waals surface area contributed by atoms with Crippen molar-refractivity contribution in [2.45, 2.75) is 31.4 Å². The Kier molecular flexibility index (Phi) is 7.36. The van der Waals surface area contributed by atoms with Crippen molar-refractivity contribution >= 4 is 17.0 Å². The molecule has 2 saturated heterocycles. The van der Waals surface area contributed by atoms with Crippen molar-refractivity contribution in [3.8, 4) is 40.0 Å². The van der Waals surface area contributed by atoms with E-state index in [9.17, 15) is 10.1 Å². The van der Waals surface area contributed by atoms with Crippen LogP contribution < -0.4 is 20.1 Å². The third kappa shape index (κ3) is 5.24. The smallest absolute Gasteiger partial charge is 0.251 e. The minimum Gasteiger partial charge on any atom is -0.496 e. The number of hydrogen-bond acceptors (Lipinski definition) is 8. The molecule has 0 aliphatic carbocycles. The van der Waals surface area contributed by atoms with Gasteiger partial charge in [-0.25, -0.2) is 0 Å². The number of aromatic nitrogens is 1. The highest BCUT2D eigenvalue weighted by Crippen LogP contribution is 2.38. The minimum atomic E-state index is -0.135. The molecule has 4 heterocycles. The van der Waals surface area contributed by atoms with Gasteiger partial charge in [-0.15, -0.1) is 0 Å². The predicted octanol–water partition coefficient (Wildman–Crippen LogP) is 4.69. The van der Waals surface area contributed by atoms with E-state index in [0.29, 0.717) is 58.3 Å². The highest BCUT2D eigenvalue weighted by atomic mass is 16.5. The van der Waals surface area contributed by atoms with Crippen molar-refractivity contribution in [1.82, 2.24) is 15.6 Å². The van der Waals surface area contributed by atoms with Crippen molar-refractivity contribution in [1.29, 1.82) is 5.26 Å². The van der Waals surface area contributed by atoms with Crippen LogP contribution in [0, 0.1) is 11.3 Å². The molecule has 4 aromatic rings. The van der Waals surface area contributed by atoms with Crippen LogP contribution in [-0.2, 0) is 4.74 Å². The second kappa shape index (κ2) is 11.4. The molecule has 40 heavy (non-hydrogen) atoms. The van der Waals surface area contributed by atoms with Crippen molar-refractivity contribution in [2.75, 3.05) is 33.4 Å². The van der Waals surface area contributed by atoms with E-state index < -0.39 is 0 Å². The molecule has 2 N–H and O–H groups in total. The number of carbonyl (C=O) groups excluding carboxylic acids is 1. The first-order valence-corrected chi connectivity index (χ1v) is 13.5. The molecule has 0 bridgehead atoms. The topological polar surface area (TPSA) is 119 Å². The maximum atomic E-state index is 12.8. The van der Waals surface area contributed by atoms with Gasteiger partial charge in [-0.3, -0.25) is 9.78 Å². The fourth-order valence-corrected chi connectivity index (χ4v) is 5.24. The zero-order valence-electron chi connectivity index (χ0n) is 22.2. The normalized spacial score (nSPS) is 17.4. The Morgan fingerprint density at radius 1 is 1.07 bits per heavy atom. The molecule has 1 amide bonds. The maximum Gasteiger partial charge on any atom is 0.251 e. The van der Waals surface area contributed by atoms with E-state index in [2.05, 4.69) is 21.7 Å². The van der Waals surface area contributed by atoms with Gasteiger partial charge >= 0.3 is 0 Å². The Balaban J connectivity index is 1.30. The Bertz CT molecular complexity index is 1580. The molecule has 204 valence electrons. The Labute approximate surface area is 232 Å². The number of nitrogens with zero attached hydrogens (tertiary/aromatic N) is 2. The first-order chi connectivity index (χ1) is 19.6. The number of rotatable bonds is 7. The number of pyridine rings is 1. The zero-order valence-corrected chi connectivity index (χ0v) is 22.2. The first-order valence-electron chi connectivity index (χ1n) is 13.5.